The average Bonchev–Trinajstić information content (AvgIpc) is 3.52. The third-order valence-electron chi connectivity index (χ3n) is 7.66. The van der Waals surface area contributed by atoms with Crippen molar-refractivity contribution < 1.29 is 37.6 Å². The summed E-state index contributed by atoms with van der Waals surface area (Å²) in [5.41, 5.74) is 1.86. The van der Waals surface area contributed by atoms with E-state index in [1.807, 2.05) is 26.0 Å². The smallest absolute Gasteiger partial charge is 0.475 e. The molecule has 19 heteroatoms. The SMILES string of the molecule is CN1CCN(c2ccc(C(=O)Nc3n[nH]c4c3CN(C(=O)Nc3c(Cl)cc([N+](=O)[O-])cc3Cl)C4(C)C)cc2)CC1.O=C(O)C(F)(F)F. The average molecular weight is 701 g/mol. The van der Waals surface area contributed by atoms with E-state index in [0.717, 1.165) is 44.0 Å². The number of piperazine rings is 1. The lowest BCUT2D eigenvalue weighted by Crippen LogP contribution is -2.44. The molecule has 14 nitrogen and oxygen atoms in total. The highest BCUT2D eigenvalue weighted by molar-refractivity contribution is 6.40. The summed E-state index contributed by atoms with van der Waals surface area (Å²) in [5, 5.41) is 30.8. The number of hydrogen-bond donors (Lipinski definition) is 4. The van der Waals surface area contributed by atoms with Crippen LogP contribution in [0.25, 0.3) is 0 Å². The van der Waals surface area contributed by atoms with Gasteiger partial charge in [0.25, 0.3) is 11.6 Å². The number of anilines is 3. The standard InChI is InChI=1S/C26H28Cl2N8O4.C2HF3O2/c1-26(2)22-18(14-35(26)25(38)29-21-19(27)12-17(36(39)40)13-20(21)28)23(32-31-22)30-24(37)15-4-6-16(7-5-15)34-10-8-33(3)9-11-34;3-2(4,5)1(6)7/h4-7,12-13H,8-11,14H2,1-3H3,(H,29,38)(H2,30,31,32,37);(H,6,7). The first-order chi connectivity index (χ1) is 21.9. The Bertz CT molecular complexity index is 1670. The number of benzene rings is 2. The number of halogens is 5. The van der Waals surface area contributed by atoms with E-state index in [-0.39, 0.29) is 33.9 Å². The maximum atomic E-state index is 13.3. The normalized spacial score (nSPS) is 15.7. The number of fused-ring (bicyclic) bond motifs is 1. The molecule has 3 heterocycles. The van der Waals surface area contributed by atoms with Gasteiger partial charge in [-0.1, -0.05) is 23.2 Å². The van der Waals surface area contributed by atoms with Gasteiger partial charge >= 0.3 is 18.2 Å². The fourth-order valence-corrected chi connectivity index (χ4v) is 5.54. The Morgan fingerprint density at radius 1 is 1.04 bits per heavy atom. The van der Waals surface area contributed by atoms with Crippen LogP contribution in [0.15, 0.2) is 36.4 Å². The summed E-state index contributed by atoms with van der Waals surface area (Å²) < 4.78 is 31.7. The van der Waals surface area contributed by atoms with Crippen LogP contribution in [0.2, 0.25) is 10.0 Å². The van der Waals surface area contributed by atoms with Crippen molar-refractivity contribution in [3.05, 3.63) is 73.4 Å². The van der Waals surface area contributed by atoms with Gasteiger partial charge in [-0.2, -0.15) is 18.3 Å². The number of urea groups is 1. The molecule has 252 valence electrons. The summed E-state index contributed by atoms with van der Waals surface area (Å²) in [6.07, 6.45) is -5.08. The highest BCUT2D eigenvalue weighted by Gasteiger charge is 2.44. The molecule has 2 aliphatic heterocycles. The number of carboxylic acids is 1. The summed E-state index contributed by atoms with van der Waals surface area (Å²) >= 11 is 12.4. The minimum atomic E-state index is -5.08. The van der Waals surface area contributed by atoms with Crippen molar-refractivity contribution in [2.75, 3.05) is 48.8 Å². The maximum Gasteiger partial charge on any atom is 0.490 e. The maximum absolute atomic E-state index is 13.3. The number of H-pyrrole nitrogens is 1. The minimum absolute atomic E-state index is 0.0589. The number of nitrogens with zero attached hydrogens (tertiary/aromatic N) is 5. The monoisotopic (exact) mass is 700 g/mol. The third kappa shape index (κ3) is 7.86. The zero-order valence-corrected chi connectivity index (χ0v) is 26.6. The predicted molar refractivity (Wildman–Crippen MR) is 167 cm³/mol. The summed E-state index contributed by atoms with van der Waals surface area (Å²) in [7, 11) is 2.10. The molecule has 47 heavy (non-hydrogen) atoms. The number of carbonyl (C=O) groups excluding carboxylic acids is 2. The number of alkyl halides is 3. The molecule has 0 radical (unpaired) electrons. The largest absolute Gasteiger partial charge is 0.490 e. The van der Waals surface area contributed by atoms with Gasteiger partial charge in [0.2, 0.25) is 0 Å². The first-order valence-corrected chi connectivity index (χ1v) is 14.6. The highest BCUT2D eigenvalue weighted by Crippen LogP contribution is 2.42. The van der Waals surface area contributed by atoms with Crippen LogP contribution in [0.4, 0.5) is 40.8 Å². The summed E-state index contributed by atoms with van der Waals surface area (Å²) in [5.74, 6) is -2.74. The van der Waals surface area contributed by atoms with Crippen LogP contribution < -0.4 is 15.5 Å². The zero-order chi connectivity index (χ0) is 34.8. The van der Waals surface area contributed by atoms with Crippen molar-refractivity contribution in [2.45, 2.75) is 32.1 Å². The number of carboxylic acid groups (broad SMARTS) is 1. The zero-order valence-electron chi connectivity index (χ0n) is 25.1. The fourth-order valence-electron chi connectivity index (χ4n) is 4.97. The van der Waals surface area contributed by atoms with Crippen molar-refractivity contribution in [3.8, 4) is 0 Å². The molecule has 0 atom stereocenters. The number of likely N-dealkylation sites (N-methyl/N-ethyl adjacent to an activating group) is 1. The molecule has 2 aliphatic rings. The van der Waals surface area contributed by atoms with Gasteiger partial charge in [-0.3, -0.25) is 20.0 Å². The lowest BCUT2D eigenvalue weighted by molar-refractivity contribution is -0.384. The van der Waals surface area contributed by atoms with Crippen LogP contribution in [0.3, 0.4) is 0 Å². The van der Waals surface area contributed by atoms with E-state index in [1.165, 1.54) is 4.90 Å². The number of non-ortho nitro benzene ring substituents is 1. The second-order valence-electron chi connectivity index (χ2n) is 11.1. The van der Waals surface area contributed by atoms with Crippen molar-refractivity contribution >= 4 is 64.0 Å². The van der Waals surface area contributed by atoms with Gasteiger partial charge in [0, 0.05) is 55.1 Å². The number of hydrogen-bond acceptors (Lipinski definition) is 8. The van der Waals surface area contributed by atoms with Crippen LogP contribution >= 0.6 is 23.2 Å². The van der Waals surface area contributed by atoms with Crippen LogP contribution in [0.5, 0.6) is 0 Å². The lowest BCUT2D eigenvalue weighted by atomic mass is 10.0. The van der Waals surface area contributed by atoms with E-state index in [0.29, 0.717) is 22.6 Å². The Labute approximate surface area is 275 Å². The minimum Gasteiger partial charge on any atom is -0.475 e. The molecule has 0 saturated carbocycles. The van der Waals surface area contributed by atoms with Gasteiger partial charge in [-0.25, -0.2) is 9.59 Å². The molecule has 2 aromatic carbocycles. The van der Waals surface area contributed by atoms with Crippen LogP contribution in [0, 0.1) is 10.1 Å². The van der Waals surface area contributed by atoms with Crippen molar-refractivity contribution in [1.29, 1.82) is 0 Å². The van der Waals surface area contributed by atoms with E-state index in [2.05, 4.69) is 37.7 Å². The molecule has 3 aromatic rings. The summed E-state index contributed by atoms with van der Waals surface area (Å²) in [6, 6.07) is 9.18. The second kappa shape index (κ2) is 13.6. The van der Waals surface area contributed by atoms with E-state index >= 15 is 0 Å². The van der Waals surface area contributed by atoms with Crippen LogP contribution in [-0.2, 0) is 16.9 Å². The quantitative estimate of drug-likeness (QED) is 0.196. The summed E-state index contributed by atoms with van der Waals surface area (Å²) in [4.78, 5) is 51.8. The first-order valence-electron chi connectivity index (χ1n) is 13.8. The Balaban J connectivity index is 0.000000644. The molecule has 5 rings (SSSR count). The van der Waals surface area contributed by atoms with Crippen LogP contribution in [0.1, 0.15) is 35.5 Å². The second-order valence-corrected chi connectivity index (χ2v) is 12.0. The molecular weight excluding hydrogens is 672 g/mol. The predicted octanol–water partition coefficient (Wildman–Crippen LogP) is 5.54. The molecule has 4 N–H and O–H groups in total. The molecule has 1 saturated heterocycles. The Morgan fingerprint density at radius 2 is 1.60 bits per heavy atom. The molecule has 0 aliphatic carbocycles. The molecule has 1 aromatic heterocycles. The molecule has 1 fully saturated rings. The first kappa shape index (κ1) is 35.2. The number of aliphatic carboxylic acids is 1. The number of amides is 3. The Kier molecular flexibility index (Phi) is 10.2. The highest BCUT2D eigenvalue weighted by atomic mass is 35.5. The molecule has 3 amide bonds. The third-order valence-corrected chi connectivity index (χ3v) is 8.25. The van der Waals surface area contributed by atoms with E-state index in [9.17, 15) is 32.9 Å². The van der Waals surface area contributed by atoms with E-state index in [1.54, 1.807) is 12.1 Å². The number of rotatable bonds is 5. The van der Waals surface area contributed by atoms with Crippen molar-refractivity contribution in [1.82, 2.24) is 20.0 Å². The van der Waals surface area contributed by atoms with E-state index in [4.69, 9.17) is 33.1 Å². The van der Waals surface area contributed by atoms with Crippen molar-refractivity contribution in [2.24, 2.45) is 0 Å². The topological polar surface area (TPSA) is 177 Å². The van der Waals surface area contributed by atoms with E-state index < -0.39 is 28.6 Å². The Hall–Kier alpha value is -4.61. The molecule has 0 spiro atoms. The fraction of sp³-hybridized carbons (Fsp3) is 0.357. The molecular formula is C28H29Cl2F3N8O6. The molecule has 0 unspecified atom stereocenters. The number of carbonyl (C=O) groups is 3. The Morgan fingerprint density at radius 3 is 2.11 bits per heavy atom. The van der Waals surface area contributed by atoms with Crippen LogP contribution in [-0.4, -0.2) is 87.3 Å². The van der Waals surface area contributed by atoms with Gasteiger partial charge < -0.3 is 30.4 Å². The number of nitrogens with one attached hydrogen (secondary N) is 3. The number of nitro groups is 1. The van der Waals surface area contributed by atoms with Gasteiger partial charge in [0.05, 0.1) is 38.4 Å². The van der Waals surface area contributed by atoms with Gasteiger partial charge in [0.15, 0.2) is 5.82 Å². The van der Waals surface area contributed by atoms with Gasteiger partial charge in [-0.15, -0.1) is 0 Å². The van der Waals surface area contributed by atoms with Crippen molar-refractivity contribution in [3.63, 3.8) is 0 Å². The molecule has 0 bridgehead atoms. The number of aromatic amines is 1. The van der Waals surface area contributed by atoms with Gasteiger partial charge in [-0.05, 0) is 45.2 Å². The van der Waals surface area contributed by atoms with Gasteiger partial charge in [0.1, 0.15) is 0 Å². The summed E-state index contributed by atoms with van der Waals surface area (Å²) in [6.45, 7) is 7.66. The number of nitro benzene ring substituents is 1. The number of aromatic nitrogens is 2. The lowest BCUT2D eigenvalue weighted by Gasteiger charge is -2.34.